The van der Waals surface area contributed by atoms with Gasteiger partial charge < -0.3 is 19.7 Å². The Morgan fingerprint density at radius 3 is 2.95 bits per heavy atom. The molecule has 0 fully saturated rings. The fraction of sp³-hybridized carbons (Fsp3) is 0.231. The van der Waals surface area contributed by atoms with Gasteiger partial charge in [0, 0.05) is 20.3 Å². The fourth-order valence-electron chi connectivity index (χ4n) is 1.66. The maximum Gasteiger partial charge on any atom is 0.338 e. The third-order valence-electron chi connectivity index (χ3n) is 2.56. The highest BCUT2D eigenvalue weighted by Gasteiger charge is 2.09. The van der Waals surface area contributed by atoms with Crippen molar-refractivity contribution in [1.29, 1.82) is 0 Å². The predicted octanol–water partition coefficient (Wildman–Crippen LogP) is 2.05. The van der Waals surface area contributed by atoms with E-state index in [9.17, 15) is 4.79 Å². The van der Waals surface area contributed by atoms with Crippen molar-refractivity contribution in [1.82, 2.24) is 4.98 Å². The van der Waals surface area contributed by atoms with Crippen LogP contribution in [0.15, 0.2) is 35.1 Å². The number of hydrogen-bond acceptors (Lipinski definition) is 5. The van der Waals surface area contributed by atoms with E-state index in [1.165, 1.54) is 12.3 Å². The van der Waals surface area contributed by atoms with Crippen LogP contribution in [0.4, 0.5) is 11.5 Å². The lowest BCUT2D eigenvalue weighted by atomic mass is 10.3. The van der Waals surface area contributed by atoms with E-state index in [2.05, 4.69) is 10.3 Å². The first-order valence-electron chi connectivity index (χ1n) is 5.75. The van der Waals surface area contributed by atoms with Crippen molar-refractivity contribution in [2.45, 2.75) is 6.54 Å². The molecule has 0 aliphatic heterocycles. The summed E-state index contributed by atoms with van der Waals surface area (Å²) >= 11 is 0. The second kappa shape index (κ2) is 5.43. The van der Waals surface area contributed by atoms with Gasteiger partial charge in [-0.2, -0.15) is 0 Å². The van der Waals surface area contributed by atoms with Crippen LogP contribution in [-0.4, -0.2) is 30.2 Å². The topological polar surface area (TPSA) is 78.6 Å². The number of carboxylic acid groups (broad SMARTS) is 1. The first-order chi connectivity index (χ1) is 9.08. The lowest BCUT2D eigenvalue weighted by molar-refractivity contribution is 0.0696. The molecule has 0 aliphatic carbocycles. The Kier molecular flexibility index (Phi) is 3.70. The van der Waals surface area contributed by atoms with Gasteiger partial charge in [0.25, 0.3) is 0 Å². The number of carbonyl (C=O) groups is 1. The molecular weight excluding hydrogens is 246 g/mol. The summed E-state index contributed by atoms with van der Waals surface area (Å²) in [4.78, 5) is 16.9. The van der Waals surface area contributed by atoms with Crippen LogP contribution in [0.25, 0.3) is 0 Å². The second-order valence-electron chi connectivity index (χ2n) is 4.23. The number of pyridine rings is 1. The highest BCUT2D eigenvalue weighted by molar-refractivity contribution is 5.87. The molecule has 0 saturated carbocycles. The van der Waals surface area contributed by atoms with E-state index < -0.39 is 5.97 Å². The number of carboxylic acids is 1. The van der Waals surface area contributed by atoms with Gasteiger partial charge in [0.15, 0.2) is 5.82 Å². The molecule has 2 rings (SSSR count). The number of aromatic carboxylic acids is 1. The first-order valence-corrected chi connectivity index (χ1v) is 5.75. The number of anilines is 2. The van der Waals surface area contributed by atoms with Crippen LogP contribution in [0.3, 0.4) is 0 Å². The van der Waals surface area contributed by atoms with Gasteiger partial charge in [0.2, 0.25) is 0 Å². The number of aromatic nitrogens is 1. The molecule has 6 nitrogen and oxygen atoms in total. The zero-order valence-electron chi connectivity index (χ0n) is 10.8. The summed E-state index contributed by atoms with van der Waals surface area (Å²) in [6.07, 6.45) is 2.95. The zero-order valence-corrected chi connectivity index (χ0v) is 10.8. The van der Waals surface area contributed by atoms with E-state index in [0.29, 0.717) is 12.3 Å². The van der Waals surface area contributed by atoms with Crippen molar-refractivity contribution in [2.75, 3.05) is 24.3 Å². The molecule has 0 unspecified atom stereocenters. The lowest BCUT2D eigenvalue weighted by Gasteiger charge is -2.16. The highest BCUT2D eigenvalue weighted by Crippen LogP contribution is 2.21. The molecule has 2 aromatic rings. The van der Waals surface area contributed by atoms with Crippen LogP contribution >= 0.6 is 0 Å². The molecule has 0 radical (unpaired) electrons. The number of nitrogens with zero attached hydrogens (tertiary/aromatic N) is 2. The third-order valence-corrected chi connectivity index (χ3v) is 2.56. The molecule has 0 spiro atoms. The Balaban J connectivity index is 2.08. The van der Waals surface area contributed by atoms with Crippen LogP contribution in [0.5, 0.6) is 0 Å². The Bertz CT molecular complexity index is 578. The van der Waals surface area contributed by atoms with Gasteiger partial charge >= 0.3 is 5.97 Å². The van der Waals surface area contributed by atoms with Crippen LogP contribution in [0.1, 0.15) is 16.1 Å². The SMILES string of the molecule is CN(C)c1ncccc1NCc1cc(C(=O)O)co1. The molecule has 0 aliphatic rings. The number of nitrogens with one attached hydrogen (secondary N) is 1. The van der Waals surface area contributed by atoms with Crippen LogP contribution in [0, 0.1) is 0 Å². The minimum absolute atomic E-state index is 0.149. The summed E-state index contributed by atoms with van der Waals surface area (Å²) in [6.45, 7) is 0.403. The van der Waals surface area contributed by atoms with Crippen molar-refractivity contribution in [2.24, 2.45) is 0 Å². The maximum absolute atomic E-state index is 10.7. The fourth-order valence-corrected chi connectivity index (χ4v) is 1.66. The van der Waals surface area contributed by atoms with E-state index in [1.807, 2.05) is 31.1 Å². The average molecular weight is 261 g/mol. The van der Waals surface area contributed by atoms with Crippen LogP contribution in [0.2, 0.25) is 0 Å². The molecule has 19 heavy (non-hydrogen) atoms. The van der Waals surface area contributed by atoms with Gasteiger partial charge in [-0.25, -0.2) is 9.78 Å². The molecule has 100 valence electrons. The Morgan fingerprint density at radius 1 is 1.53 bits per heavy atom. The van der Waals surface area contributed by atoms with E-state index in [-0.39, 0.29) is 5.56 Å². The third kappa shape index (κ3) is 3.04. The van der Waals surface area contributed by atoms with Crippen molar-refractivity contribution in [3.8, 4) is 0 Å². The summed E-state index contributed by atoms with van der Waals surface area (Å²) in [5.74, 6) is 0.379. The predicted molar refractivity (Wildman–Crippen MR) is 71.6 cm³/mol. The lowest BCUT2D eigenvalue weighted by Crippen LogP contribution is -2.13. The molecule has 2 aromatic heterocycles. The second-order valence-corrected chi connectivity index (χ2v) is 4.23. The molecule has 6 heteroatoms. The summed E-state index contributed by atoms with van der Waals surface area (Å²) < 4.78 is 5.17. The molecule has 2 heterocycles. The normalized spacial score (nSPS) is 10.2. The Hall–Kier alpha value is -2.50. The smallest absolute Gasteiger partial charge is 0.338 e. The largest absolute Gasteiger partial charge is 0.478 e. The molecule has 0 aromatic carbocycles. The van der Waals surface area contributed by atoms with Gasteiger partial charge in [0.05, 0.1) is 17.8 Å². The van der Waals surface area contributed by atoms with E-state index >= 15 is 0 Å². The standard InChI is InChI=1S/C13H15N3O3/c1-16(2)12-11(4-3-5-14-12)15-7-10-6-9(8-19-10)13(17)18/h3-6,8,15H,7H2,1-2H3,(H,17,18). The van der Waals surface area contributed by atoms with Crippen LogP contribution < -0.4 is 10.2 Å². The van der Waals surface area contributed by atoms with Crippen molar-refractivity contribution >= 4 is 17.5 Å². The van der Waals surface area contributed by atoms with E-state index in [4.69, 9.17) is 9.52 Å². The molecular formula is C13H15N3O3. The van der Waals surface area contributed by atoms with Gasteiger partial charge in [-0.15, -0.1) is 0 Å². The van der Waals surface area contributed by atoms with E-state index in [0.717, 1.165) is 11.5 Å². The van der Waals surface area contributed by atoms with Crippen molar-refractivity contribution in [3.63, 3.8) is 0 Å². The quantitative estimate of drug-likeness (QED) is 0.857. The minimum Gasteiger partial charge on any atom is -0.478 e. The highest BCUT2D eigenvalue weighted by atomic mass is 16.4. The van der Waals surface area contributed by atoms with Crippen molar-refractivity contribution < 1.29 is 14.3 Å². The van der Waals surface area contributed by atoms with Gasteiger partial charge in [0.1, 0.15) is 12.0 Å². The van der Waals surface area contributed by atoms with Crippen molar-refractivity contribution in [3.05, 3.63) is 42.0 Å². The Labute approximate surface area is 110 Å². The molecule has 0 amide bonds. The minimum atomic E-state index is -0.995. The monoisotopic (exact) mass is 261 g/mol. The molecule has 0 saturated heterocycles. The van der Waals surface area contributed by atoms with Gasteiger partial charge in [-0.1, -0.05) is 0 Å². The van der Waals surface area contributed by atoms with Gasteiger partial charge in [-0.3, -0.25) is 0 Å². The summed E-state index contributed by atoms with van der Waals surface area (Å²) in [7, 11) is 3.81. The first kappa shape index (κ1) is 12.9. The maximum atomic E-state index is 10.7. The summed E-state index contributed by atoms with van der Waals surface area (Å²) in [6, 6.07) is 5.24. The summed E-state index contributed by atoms with van der Waals surface area (Å²) in [5.41, 5.74) is 1.01. The number of furan rings is 1. The molecule has 0 atom stereocenters. The summed E-state index contributed by atoms with van der Waals surface area (Å²) in [5, 5.41) is 12.0. The Morgan fingerprint density at radius 2 is 2.32 bits per heavy atom. The zero-order chi connectivity index (χ0) is 13.8. The number of rotatable bonds is 5. The molecule has 2 N–H and O–H groups in total. The van der Waals surface area contributed by atoms with Gasteiger partial charge in [-0.05, 0) is 18.2 Å². The molecule has 0 bridgehead atoms. The van der Waals surface area contributed by atoms with Crippen LogP contribution in [-0.2, 0) is 6.54 Å². The van der Waals surface area contributed by atoms with E-state index in [1.54, 1.807) is 6.20 Å². The average Bonchev–Trinajstić information content (AvgIpc) is 2.85. The number of hydrogen-bond donors (Lipinski definition) is 2.